The summed E-state index contributed by atoms with van der Waals surface area (Å²) in [5.74, 6) is -1.93. The summed E-state index contributed by atoms with van der Waals surface area (Å²) in [5.41, 5.74) is 3.73. The van der Waals surface area contributed by atoms with Gasteiger partial charge >= 0.3 is 6.09 Å². The Kier molecular flexibility index (Phi) is 7.50. The van der Waals surface area contributed by atoms with E-state index in [0.29, 0.717) is 37.8 Å². The number of halogens is 1. The van der Waals surface area contributed by atoms with Crippen molar-refractivity contribution >= 4 is 17.9 Å². The average molecular weight is 550 g/mol. The minimum absolute atomic E-state index is 0.0176. The number of ether oxygens (including phenoxy) is 1. The molecule has 3 amide bonds. The summed E-state index contributed by atoms with van der Waals surface area (Å²) in [6, 6.07) is 14.4. The van der Waals surface area contributed by atoms with Crippen LogP contribution in [0.25, 0.3) is 0 Å². The molecular formula is C28H28FN5O6. The van der Waals surface area contributed by atoms with Gasteiger partial charge in [-0.1, -0.05) is 42.5 Å². The van der Waals surface area contributed by atoms with Crippen molar-refractivity contribution in [2.24, 2.45) is 5.92 Å². The van der Waals surface area contributed by atoms with E-state index in [1.165, 1.54) is 28.8 Å². The van der Waals surface area contributed by atoms with E-state index in [1.807, 2.05) is 18.2 Å². The van der Waals surface area contributed by atoms with E-state index in [2.05, 4.69) is 21.2 Å². The summed E-state index contributed by atoms with van der Waals surface area (Å²) >= 11 is 0. The number of aromatic nitrogens is 2. The first-order valence-corrected chi connectivity index (χ1v) is 12.9. The molecule has 1 aliphatic carbocycles. The van der Waals surface area contributed by atoms with Gasteiger partial charge in [0.1, 0.15) is 23.8 Å². The van der Waals surface area contributed by atoms with Crippen LogP contribution in [0.4, 0.5) is 9.18 Å². The predicted molar refractivity (Wildman–Crippen MR) is 140 cm³/mol. The third-order valence-electron chi connectivity index (χ3n) is 7.34. The summed E-state index contributed by atoms with van der Waals surface area (Å²) in [4.78, 5) is 55.8. The third-order valence-corrected chi connectivity index (χ3v) is 7.34. The first-order chi connectivity index (χ1) is 19.2. The molecule has 208 valence electrons. The van der Waals surface area contributed by atoms with Crippen LogP contribution in [-0.2, 0) is 29.9 Å². The van der Waals surface area contributed by atoms with E-state index in [1.54, 1.807) is 12.1 Å². The fourth-order valence-corrected chi connectivity index (χ4v) is 5.32. The fourth-order valence-electron chi connectivity index (χ4n) is 5.32. The van der Waals surface area contributed by atoms with Crippen molar-refractivity contribution in [3.63, 3.8) is 0 Å². The topological polar surface area (TPSA) is 152 Å². The van der Waals surface area contributed by atoms with Gasteiger partial charge in [0.25, 0.3) is 11.5 Å². The molecule has 0 radical (unpaired) electrons. The third kappa shape index (κ3) is 5.65. The molecule has 3 aliphatic rings. The number of amides is 3. The van der Waals surface area contributed by atoms with Gasteiger partial charge in [-0.25, -0.2) is 14.2 Å². The van der Waals surface area contributed by atoms with Crippen LogP contribution in [0.3, 0.4) is 0 Å². The molecular weight excluding hydrogens is 521 g/mol. The Balaban J connectivity index is 1.47. The fraction of sp³-hybridized carbons (Fsp3) is 0.321. The highest BCUT2D eigenvalue weighted by Crippen LogP contribution is 2.43. The molecule has 3 aromatic rings. The Hall–Kier alpha value is -4.74. The van der Waals surface area contributed by atoms with Crippen molar-refractivity contribution in [3.8, 4) is 5.75 Å². The second-order valence-corrected chi connectivity index (χ2v) is 10.1. The molecule has 40 heavy (non-hydrogen) atoms. The number of carbonyl (C=O) groups excluding carboxylic acids is 2. The van der Waals surface area contributed by atoms with Crippen LogP contribution in [0, 0.1) is 11.7 Å². The molecule has 12 heteroatoms. The lowest BCUT2D eigenvalue weighted by atomic mass is 9.77. The highest BCUT2D eigenvalue weighted by molar-refractivity contribution is 5.96. The molecule has 2 aromatic carbocycles. The smallest absolute Gasteiger partial charge is 0.405 e. The Morgan fingerprint density at radius 2 is 1.73 bits per heavy atom. The first kappa shape index (κ1) is 26.9. The molecule has 1 aromatic heterocycles. The first-order valence-electron chi connectivity index (χ1n) is 12.9. The Bertz CT molecular complexity index is 1480. The quantitative estimate of drug-likeness (QED) is 0.331. The van der Waals surface area contributed by atoms with Crippen molar-refractivity contribution < 1.29 is 28.6 Å². The monoisotopic (exact) mass is 549 g/mol. The molecule has 4 N–H and O–H groups in total. The van der Waals surface area contributed by atoms with Gasteiger partial charge in [-0.2, -0.15) is 0 Å². The number of nitrogens with one attached hydrogen (secondary N) is 3. The zero-order valence-corrected chi connectivity index (χ0v) is 21.5. The van der Waals surface area contributed by atoms with Crippen molar-refractivity contribution in [2.45, 2.75) is 50.8 Å². The van der Waals surface area contributed by atoms with Crippen molar-refractivity contribution in [1.29, 1.82) is 0 Å². The normalized spacial score (nSPS) is 19.2. The highest BCUT2D eigenvalue weighted by atomic mass is 19.1. The Morgan fingerprint density at radius 1 is 1.02 bits per heavy atom. The van der Waals surface area contributed by atoms with E-state index in [9.17, 15) is 28.7 Å². The molecule has 3 heterocycles. The standard InChI is InChI=1S/C28H28FN5O6/c29-20-8-6-17(7-9-20)14-21(35)32-33-24(36)22-23(40-16-19-4-2-1-3-5-19)25(37)34-15-18-10-12-28(13-11-18,26(34)30-22)31-27(38)39/h1-9,18,31H,10-16H2,(H,32,35)(H,33,36)(H,38,39). The molecule has 2 aliphatic heterocycles. The van der Waals surface area contributed by atoms with Crippen LogP contribution >= 0.6 is 0 Å². The second-order valence-electron chi connectivity index (χ2n) is 10.1. The largest absolute Gasteiger partial charge is 0.481 e. The molecule has 0 spiro atoms. The molecule has 11 nitrogen and oxygen atoms in total. The molecule has 1 fully saturated rings. The lowest BCUT2D eigenvalue weighted by Gasteiger charge is -2.36. The zero-order chi connectivity index (χ0) is 28.3. The lowest BCUT2D eigenvalue weighted by Crippen LogP contribution is -2.50. The van der Waals surface area contributed by atoms with Gasteiger partial charge in [0.15, 0.2) is 5.69 Å². The maximum Gasteiger partial charge on any atom is 0.405 e. The number of fused-ring (bicyclic) bond motifs is 2. The van der Waals surface area contributed by atoms with Gasteiger partial charge in [0, 0.05) is 6.54 Å². The number of hydrazine groups is 1. The zero-order valence-electron chi connectivity index (χ0n) is 21.5. The van der Waals surface area contributed by atoms with Crippen LogP contribution in [0.2, 0.25) is 0 Å². The van der Waals surface area contributed by atoms with Crippen LogP contribution in [0.5, 0.6) is 5.75 Å². The minimum atomic E-state index is -1.26. The van der Waals surface area contributed by atoms with Crippen molar-refractivity contribution in [2.75, 3.05) is 0 Å². The predicted octanol–water partition coefficient (Wildman–Crippen LogP) is 2.63. The minimum Gasteiger partial charge on any atom is -0.481 e. The van der Waals surface area contributed by atoms with Crippen LogP contribution in [0.1, 0.15) is 53.1 Å². The maximum absolute atomic E-state index is 13.8. The van der Waals surface area contributed by atoms with E-state index in [-0.39, 0.29) is 36.2 Å². The average Bonchev–Trinajstić information content (AvgIpc) is 3.18. The molecule has 0 saturated heterocycles. The van der Waals surface area contributed by atoms with Crippen LogP contribution in [0.15, 0.2) is 59.4 Å². The summed E-state index contributed by atoms with van der Waals surface area (Å²) in [5, 5.41) is 12.1. The number of benzene rings is 2. The Morgan fingerprint density at radius 3 is 2.40 bits per heavy atom. The summed E-state index contributed by atoms with van der Waals surface area (Å²) in [7, 11) is 0. The SMILES string of the molecule is O=C(O)NC12CCC(CC1)Cn1c2nc(C(=O)NNC(=O)Cc2ccc(F)cc2)c(OCc2ccccc2)c1=O. The Labute approximate surface area is 228 Å². The summed E-state index contributed by atoms with van der Waals surface area (Å²) in [6.07, 6.45) is 0.830. The maximum atomic E-state index is 13.8. The van der Waals surface area contributed by atoms with Gasteiger partial charge in [-0.3, -0.25) is 29.8 Å². The number of nitrogens with zero attached hydrogens (tertiary/aromatic N) is 2. The van der Waals surface area contributed by atoms with Gasteiger partial charge in [-0.05, 0) is 54.9 Å². The van der Waals surface area contributed by atoms with E-state index in [4.69, 9.17) is 4.74 Å². The molecule has 6 rings (SSSR count). The van der Waals surface area contributed by atoms with Gasteiger partial charge in [0.05, 0.1) is 6.42 Å². The van der Waals surface area contributed by atoms with Gasteiger partial charge in [0.2, 0.25) is 11.7 Å². The number of hydrogen-bond acceptors (Lipinski definition) is 6. The van der Waals surface area contributed by atoms with Gasteiger partial charge < -0.3 is 15.2 Å². The van der Waals surface area contributed by atoms with E-state index >= 15 is 0 Å². The number of hydrogen-bond donors (Lipinski definition) is 4. The van der Waals surface area contributed by atoms with E-state index in [0.717, 1.165) is 5.56 Å². The summed E-state index contributed by atoms with van der Waals surface area (Å²) < 4.78 is 20.4. The second kappa shape index (κ2) is 11.2. The number of carbonyl (C=O) groups is 3. The molecule has 1 saturated carbocycles. The molecule has 0 atom stereocenters. The van der Waals surface area contributed by atoms with Crippen molar-refractivity contribution in [3.05, 3.63) is 93.4 Å². The van der Waals surface area contributed by atoms with Crippen molar-refractivity contribution in [1.82, 2.24) is 25.7 Å². The molecule has 0 unspecified atom stereocenters. The van der Waals surface area contributed by atoms with E-state index < -0.39 is 34.8 Å². The lowest BCUT2D eigenvalue weighted by molar-refractivity contribution is -0.121. The highest BCUT2D eigenvalue weighted by Gasteiger charge is 2.46. The van der Waals surface area contributed by atoms with Crippen LogP contribution < -0.4 is 26.5 Å². The van der Waals surface area contributed by atoms with Gasteiger partial charge in [-0.15, -0.1) is 0 Å². The summed E-state index contributed by atoms with van der Waals surface area (Å²) in [6.45, 7) is 0.304. The number of rotatable bonds is 7. The molecule has 2 bridgehead atoms. The number of carboxylic acid groups (broad SMARTS) is 1. The van der Waals surface area contributed by atoms with Crippen LogP contribution in [-0.4, -0.2) is 32.6 Å².